The Balaban J connectivity index is 1.96. The summed E-state index contributed by atoms with van der Waals surface area (Å²) in [6.07, 6.45) is 5.41. The van der Waals surface area contributed by atoms with Gasteiger partial charge in [0.05, 0.1) is 13.2 Å². The van der Waals surface area contributed by atoms with Crippen LogP contribution in [0.25, 0.3) is 11.1 Å². The number of ether oxygens (including phenoxy) is 2. The molecule has 0 atom stereocenters. The predicted octanol–water partition coefficient (Wildman–Crippen LogP) is 5.62. The molecule has 0 fully saturated rings. The molecule has 1 aliphatic rings. The summed E-state index contributed by atoms with van der Waals surface area (Å²) in [5.74, 6) is 1.84. The minimum absolute atomic E-state index is 0.749. The molecule has 2 aromatic carbocycles. The van der Waals surface area contributed by atoms with Crippen LogP contribution >= 0.6 is 0 Å². The van der Waals surface area contributed by atoms with Crippen LogP contribution in [0.5, 0.6) is 11.5 Å². The summed E-state index contributed by atoms with van der Waals surface area (Å²) in [5, 5.41) is 0. The lowest BCUT2D eigenvalue weighted by molar-refractivity contribution is 0.263. The third-order valence-corrected chi connectivity index (χ3v) is 4.38. The Labute approximate surface area is 139 Å². The van der Waals surface area contributed by atoms with Crippen molar-refractivity contribution in [1.29, 1.82) is 0 Å². The summed E-state index contributed by atoms with van der Waals surface area (Å²) >= 11 is 0. The van der Waals surface area contributed by atoms with Crippen LogP contribution in [-0.4, -0.2) is 13.2 Å². The molecule has 3 rings (SSSR count). The summed E-state index contributed by atoms with van der Waals surface area (Å²) in [5.41, 5.74) is 5.27. The highest BCUT2D eigenvalue weighted by Crippen LogP contribution is 2.47. The highest BCUT2D eigenvalue weighted by atomic mass is 16.5. The standard InChI is InChI=1S/C21H26O2/c1-3-5-13-22-19-12-11-17-15-16-9-7-8-10-18(16)20(17)21(19)23-14-6-4-2/h7-12H,3-6,13-15H2,1-2H3. The maximum atomic E-state index is 6.18. The molecular weight excluding hydrogens is 284 g/mol. The smallest absolute Gasteiger partial charge is 0.169 e. The molecule has 0 aromatic heterocycles. The zero-order valence-electron chi connectivity index (χ0n) is 14.2. The SMILES string of the molecule is CCCCOc1ccc2c(c1OCCCC)-c1ccccc1C2. The number of unbranched alkanes of at least 4 members (excludes halogenated alkanes) is 2. The fourth-order valence-electron chi connectivity index (χ4n) is 3.07. The largest absolute Gasteiger partial charge is 0.490 e. The lowest BCUT2D eigenvalue weighted by Crippen LogP contribution is -2.04. The van der Waals surface area contributed by atoms with Gasteiger partial charge in [-0.1, -0.05) is 57.0 Å². The van der Waals surface area contributed by atoms with Gasteiger partial charge in [0.1, 0.15) is 0 Å². The maximum Gasteiger partial charge on any atom is 0.169 e. The van der Waals surface area contributed by atoms with Crippen molar-refractivity contribution in [3.8, 4) is 22.6 Å². The molecule has 0 spiro atoms. The van der Waals surface area contributed by atoms with E-state index in [4.69, 9.17) is 9.47 Å². The highest BCUT2D eigenvalue weighted by molar-refractivity contribution is 5.83. The number of rotatable bonds is 8. The van der Waals surface area contributed by atoms with Gasteiger partial charge in [0.15, 0.2) is 11.5 Å². The van der Waals surface area contributed by atoms with Gasteiger partial charge in [0.2, 0.25) is 0 Å². The molecule has 23 heavy (non-hydrogen) atoms. The molecule has 2 aromatic rings. The van der Waals surface area contributed by atoms with E-state index in [1.165, 1.54) is 22.3 Å². The van der Waals surface area contributed by atoms with Gasteiger partial charge in [-0.2, -0.15) is 0 Å². The average Bonchev–Trinajstić information content (AvgIpc) is 2.95. The predicted molar refractivity (Wildman–Crippen MR) is 95.5 cm³/mol. The first-order valence-electron chi connectivity index (χ1n) is 8.84. The Kier molecular flexibility index (Phi) is 5.22. The van der Waals surface area contributed by atoms with Gasteiger partial charge in [0.25, 0.3) is 0 Å². The van der Waals surface area contributed by atoms with E-state index in [9.17, 15) is 0 Å². The first-order chi connectivity index (χ1) is 11.3. The van der Waals surface area contributed by atoms with Gasteiger partial charge >= 0.3 is 0 Å². The van der Waals surface area contributed by atoms with E-state index in [1.54, 1.807) is 0 Å². The Bertz CT molecular complexity index is 661. The van der Waals surface area contributed by atoms with Crippen molar-refractivity contribution in [2.45, 2.75) is 46.0 Å². The Morgan fingerprint density at radius 3 is 2.35 bits per heavy atom. The van der Waals surface area contributed by atoms with Crippen molar-refractivity contribution in [1.82, 2.24) is 0 Å². The quantitative estimate of drug-likeness (QED) is 0.503. The van der Waals surface area contributed by atoms with E-state index in [1.807, 2.05) is 0 Å². The van der Waals surface area contributed by atoms with E-state index in [0.717, 1.165) is 56.8 Å². The van der Waals surface area contributed by atoms with Crippen LogP contribution in [0.4, 0.5) is 0 Å². The molecule has 0 saturated carbocycles. The van der Waals surface area contributed by atoms with Crippen LogP contribution in [-0.2, 0) is 6.42 Å². The number of fused-ring (bicyclic) bond motifs is 3. The van der Waals surface area contributed by atoms with E-state index in [-0.39, 0.29) is 0 Å². The van der Waals surface area contributed by atoms with Crippen LogP contribution in [0.2, 0.25) is 0 Å². The van der Waals surface area contributed by atoms with Crippen LogP contribution < -0.4 is 9.47 Å². The number of benzene rings is 2. The fraction of sp³-hybridized carbons (Fsp3) is 0.429. The van der Waals surface area contributed by atoms with Crippen LogP contribution in [0.15, 0.2) is 36.4 Å². The number of hydrogen-bond acceptors (Lipinski definition) is 2. The average molecular weight is 310 g/mol. The lowest BCUT2D eigenvalue weighted by atomic mass is 10.0. The second-order valence-corrected chi connectivity index (χ2v) is 6.16. The van der Waals surface area contributed by atoms with Crippen molar-refractivity contribution in [3.63, 3.8) is 0 Å². The van der Waals surface area contributed by atoms with Gasteiger partial charge in [0, 0.05) is 5.56 Å². The highest BCUT2D eigenvalue weighted by Gasteiger charge is 2.24. The molecule has 0 N–H and O–H groups in total. The van der Waals surface area contributed by atoms with Crippen LogP contribution in [0.3, 0.4) is 0 Å². The zero-order valence-corrected chi connectivity index (χ0v) is 14.2. The molecule has 0 bridgehead atoms. The first kappa shape index (κ1) is 15.9. The molecule has 122 valence electrons. The van der Waals surface area contributed by atoms with Gasteiger partial charge in [-0.05, 0) is 42.0 Å². The zero-order chi connectivity index (χ0) is 16.1. The molecular formula is C21H26O2. The summed E-state index contributed by atoms with van der Waals surface area (Å²) in [4.78, 5) is 0. The van der Waals surface area contributed by atoms with Gasteiger partial charge in [-0.3, -0.25) is 0 Å². The second-order valence-electron chi connectivity index (χ2n) is 6.16. The Morgan fingerprint density at radius 1 is 0.826 bits per heavy atom. The fourth-order valence-corrected chi connectivity index (χ4v) is 3.07. The van der Waals surface area contributed by atoms with E-state index >= 15 is 0 Å². The summed E-state index contributed by atoms with van der Waals surface area (Å²) in [7, 11) is 0. The third-order valence-electron chi connectivity index (χ3n) is 4.38. The van der Waals surface area contributed by atoms with E-state index < -0.39 is 0 Å². The normalized spacial score (nSPS) is 11.9. The van der Waals surface area contributed by atoms with Gasteiger partial charge < -0.3 is 9.47 Å². The molecule has 0 amide bonds. The van der Waals surface area contributed by atoms with Crippen LogP contribution in [0.1, 0.15) is 50.7 Å². The molecule has 0 saturated heterocycles. The molecule has 2 nitrogen and oxygen atoms in total. The molecule has 2 heteroatoms. The van der Waals surface area contributed by atoms with Crippen molar-refractivity contribution >= 4 is 0 Å². The van der Waals surface area contributed by atoms with Gasteiger partial charge in [-0.25, -0.2) is 0 Å². The van der Waals surface area contributed by atoms with E-state index in [2.05, 4.69) is 50.2 Å². The Hall–Kier alpha value is -1.96. The topological polar surface area (TPSA) is 18.5 Å². The Morgan fingerprint density at radius 2 is 1.57 bits per heavy atom. The van der Waals surface area contributed by atoms with Crippen molar-refractivity contribution in [2.24, 2.45) is 0 Å². The summed E-state index contributed by atoms with van der Waals surface area (Å²) in [6, 6.07) is 12.9. The monoisotopic (exact) mass is 310 g/mol. The minimum Gasteiger partial charge on any atom is -0.490 e. The van der Waals surface area contributed by atoms with E-state index in [0.29, 0.717) is 0 Å². The third kappa shape index (κ3) is 3.36. The van der Waals surface area contributed by atoms with Crippen molar-refractivity contribution < 1.29 is 9.47 Å². The molecule has 0 heterocycles. The first-order valence-corrected chi connectivity index (χ1v) is 8.84. The molecule has 0 radical (unpaired) electrons. The van der Waals surface area contributed by atoms with Gasteiger partial charge in [-0.15, -0.1) is 0 Å². The van der Waals surface area contributed by atoms with Crippen molar-refractivity contribution in [2.75, 3.05) is 13.2 Å². The second kappa shape index (κ2) is 7.54. The van der Waals surface area contributed by atoms with Crippen molar-refractivity contribution in [3.05, 3.63) is 47.5 Å². The molecule has 0 aliphatic heterocycles. The van der Waals surface area contributed by atoms with Crippen LogP contribution in [0, 0.1) is 0 Å². The maximum absolute atomic E-state index is 6.18. The summed E-state index contributed by atoms with van der Waals surface area (Å²) < 4.78 is 12.2. The molecule has 0 unspecified atom stereocenters. The minimum atomic E-state index is 0.749. The molecule has 1 aliphatic carbocycles. The number of hydrogen-bond donors (Lipinski definition) is 0. The lowest BCUT2D eigenvalue weighted by Gasteiger charge is -2.17. The summed E-state index contributed by atoms with van der Waals surface area (Å²) in [6.45, 7) is 5.87.